The lowest BCUT2D eigenvalue weighted by Gasteiger charge is -2.25. The van der Waals surface area contributed by atoms with Crippen molar-refractivity contribution >= 4 is 21.9 Å². The minimum atomic E-state index is -0.399. The van der Waals surface area contributed by atoms with Crippen molar-refractivity contribution in [2.75, 3.05) is 6.54 Å². The van der Waals surface area contributed by atoms with E-state index in [0.29, 0.717) is 35.3 Å². The molecule has 32 heavy (non-hydrogen) atoms. The molecule has 0 aliphatic heterocycles. The number of halogens is 1. The maximum atomic E-state index is 12.5. The van der Waals surface area contributed by atoms with Gasteiger partial charge >= 0.3 is 5.97 Å². The Kier molecular flexibility index (Phi) is 6.82. The molecule has 8 heteroatoms. The molecule has 0 saturated carbocycles. The first-order valence-corrected chi connectivity index (χ1v) is 11.2. The van der Waals surface area contributed by atoms with Crippen LogP contribution in [0.15, 0.2) is 75.9 Å². The van der Waals surface area contributed by atoms with Gasteiger partial charge in [-0.15, -0.1) is 5.06 Å². The zero-order valence-electron chi connectivity index (χ0n) is 17.8. The number of oxazole rings is 1. The van der Waals surface area contributed by atoms with Crippen LogP contribution in [0.25, 0.3) is 22.9 Å². The normalized spacial score (nSPS) is 12.1. The summed E-state index contributed by atoms with van der Waals surface area (Å²) in [4.78, 5) is 30.3. The van der Waals surface area contributed by atoms with Gasteiger partial charge in [0.1, 0.15) is 17.6 Å². The van der Waals surface area contributed by atoms with Crippen molar-refractivity contribution in [1.82, 2.24) is 20.0 Å². The largest absolute Gasteiger partial charge is 0.435 e. The summed E-state index contributed by atoms with van der Waals surface area (Å²) < 4.78 is 6.92. The van der Waals surface area contributed by atoms with Crippen LogP contribution in [0.1, 0.15) is 42.5 Å². The van der Waals surface area contributed by atoms with Crippen molar-refractivity contribution in [3.8, 4) is 22.9 Å². The lowest BCUT2D eigenvalue weighted by Crippen LogP contribution is -2.31. The monoisotopic (exact) mass is 494 g/mol. The number of nitrogens with one attached hydrogen (secondary N) is 1. The van der Waals surface area contributed by atoms with Gasteiger partial charge in [-0.25, -0.2) is 14.8 Å². The average molecular weight is 495 g/mol. The summed E-state index contributed by atoms with van der Waals surface area (Å²) in [6.07, 6.45) is 4.18. The first-order valence-electron chi connectivity index (χ1n) is 10.4. The second-order valence-corrected chi connectivity index (χ2v) is 8.20. The minimum absolute atomic E-state index is 0.280. The van der Waals surface area contributed by atoms with E-state index in [4.69, 9.17) is 9.25 Å². The summed E-state index contributed by atoms with van der Waals surface area (Å²) in [6, 6.07) is 16.5. The maximum Gasteiger partial charge on any atom is 0.357 e. The maximum absolute atomic E-state index is 12.5. The fourth-order valence-electron chi connectivity index (χ4n) is 3.21. The SMILES string of the molecule is CCCN(OC(=O)c1ccccc1)[C@@H](C)c1ncc(-c2ncc(-c3ccc(Br)cc3)o2)[nH]1. The summed E-state index contributed by atoms with van der Waals surface area (Å²) in [6.45, 7) is 4.53. The fourth-order valence-corrected chi connectivity index (χ4v) is 3.48. The molecule has 0 unspecified atom stereocenters. The molecular formula is C24H23BrN4O3. The van der Waals surface area contributed by atoms with Gasteiger partial charge in [-0.05, 0) is 37.6 Å². The van der Waals surface area contributed by atoms with Gasteiger partial charge in [0.2, 0.25) is 5.89 Å². The number of benzene rings is 2. The molecule has 4 aromatic rings. The van der Waals surface area contributed by atoms with Crippen LogP contribution in [-0.4, -0.2) is 32.5 Å². The second-order valence-electron chi connectivity index (χ2n) is 7.28. The van der Waals surface area contributed by atoms with Crippen molar-refractivity contribution in [2.45, 2.75) is 26.3 Å². The van der Waals surface area contributed by atoms with Crippen LogP contribution >= 0.6 is 15.9 Å². The number of aromatic amines is 1. The van der Waals surface area contributed by atoms with Crippen LogP contribution in [0.3, 0.4) is 0 Å². The highest BCUT2D eigenvalue weighted by Gasteiger charge is 2.24. The predicted molar refractivity (Wildman–Crippen MR) is 124 cm³/mol. The van der Waals surface area contributed by atoms with E-state index in [1.54, 1.807) is 29.6 Å². The Hall–Kier alpha value is -3.23. The number of rotatable bonds is 8. The smallest absolute Gasteiger partial charge is 0.357 e. The average Bonchev–Trinajstić information content (AvgIpc) is 3.49. The Bertz CT molecular complexity index is 1170. The molecule has 2 aromatic carbocycles. The third-order valence-electron chi connectivity index (χ3n) is 4.94. The third-order valence-corrected chi connectivity index (χ3v) is 5.47. The van der Waals surface area contributed by atoms with Gasteiger partial charge in [-0.2, -0.15) is 0 Å². The van der Waals surface area contributed by atoms with E-state index in [1.807, 2.05) is 56.3 Å². The first-order chi connectivity index (χ1) is 15.5. The van der Waals surface area contributed by atoms with Gasteiger partial charge in [0.25, 0.3) is 0 Å². The molecular weight excluding hydrogens is 472 g/mol. The zero-order valence-corrected chi connectivity index (χ0v) is 19.4. The van der Waals surface area contributed by atoms with E-state index >= 15 is 0 Å². The van der Waals surface area contributed by atoms with Gasteiger partial charge < -0.3 is 14.2 Å². The summed E-state index contributed by atoms with van der Waals surface area (Å²) >= 11 is 3.43. The molecule has 164 valence electrons. The molecule has 1 atom stereocenters. The van der Waals surface area contributed by atoms with Crippen LogP contribution in [0, 0.1) is 0 Å². The lowest BCUT2D eigenvalue weighted by atomic mass is 10.2. The standard InChI is InChI=1S/C24H23BrN4O3/c1-3-13-29(32-24(30)18-7-5-4-6-8-18)16(2)22-26-14-20(28-22)23-27-15-21(31-23)17-9-11-19(25)12-10-17/h4-12,14-16H,3,13H2,1-2H3,(H,26,28)/t16-/m0/s1. The highest BCUT2D eigenvalue weighted by atomic mass is 79.9. The van der Waals surface area contributed by atoms with E-state index in [9.17, 15) is 4.79 Å². The molecule has 2 heterocycles. The number of imidazole rings is 1. The van der Waals surface area contributed by atoms with Crippen molar-refractivity contribution in [3.63, 3.8) is 0 Å². The molecule has 7 nitrogen and oxygen atoms in total. The first kappa shape index (κ1) is 22.0. The van der Waals surface area contributed by atoms with Crippen LogP contribution < -0.4 is 0 Å². The molecule has 1 N–H and O–H groups in total. The Morgan fingerprint density at radius 3 is 2.59 bits per heavy atom. The molecule has 0 aliphatic carbocycles. The number of aromatic nitrogens is 3. The zero-order chi connectivity index (χ0) is 22.5. The minimum Gasteiger partial charge on any atom is -0.435 e. The Labute approximate surface area is 194 Å². The van der Waals surface area contributed by atoms with E-state index in [1.165, 1.54) is 0 Å². The number of hydrogen-bond acceptors (Lipinski definition) is 6. The molecule has 0 radical (unpaired) electrons. The van der Waals surface area contributed by atoms with Crippen LogP contribution in [0.4, 0.5) is 0 Å². The predicted octanol–water partition coefficient (Wildman–Crippen LogP) is 6.04. The van der Waals surface area contributed by atoms with Crippen molar-refractivity contribution in [3.05, 3.63) is 82.9 Å². The number of hydrogen-bond donors (Lipinski definition) is 1. The molecule has 0 saturated heterocycles. The molecule has 4 rings (SSSR count). The van der Waals surface area contributed by atoms with Crippen LogP contribution in [0.5, 0.6) is 0 Å². The van der Waals surface area contributed by atoms with Gasteiger partial charge in [0.05, 0.1) is 18.0 Å². The van der Waals surface area contributed by atoms with Crippen LogP contribution in [-0.2, 0) is 4.84 Å². The summed E-state index contributed by atoms with van der Waals surface area (Å²) in [5.41, 5.74) is 2.09. The molecule has 0 aliphatic rings. The van der Waals surface area contributed by atoms with Gasteiger partial charge in [-0.3, -0.25) is 0 Å². The number of hydroxylamine groups is 2. The number of carbonyl (C=O) groups excluding carboxylic acids is 1. The Balaban J connectivity index is 1.50. The molecule has 0 amide bonds. The summed E-state index contributed by atoms with van der Waals surface area (Å²) in [5.74, 6) is 1.36. The summed E-state index contributed by atoms with van der Waals surface area (Å²) in [7, 11) is 0. The highest BCUT2D eigenvalue weighted by molar-refractivity contribution is 9.10. The fraction of sp³-hybridized carbons (Fsp3) is 0.208. The van der Waals surface area contributed by atoms with E-state index in [0.717, 1.165) is 16.5 Å². The molecule has 0 fully saturated rings. The molecule has 2 aromatic heterocycles. The van der Waals surface area contributed by atoms with Gasteiger partial charge in [-0.1, -0.05) is 53.2 Å². The van der Waals surface area contributed by atoms with E-state index < -0.39 is 5.97 Å². The quantitative estimate of drug-likeness (QED) is 0.300. The van der Waals surface area contributed by atoms with Crippen molar-refractivity contribution < 1.29 is 14.0 Å². The molecule has 0 bridgehead atoms. The van der Waals surface area contributed by atoms with Gasteiger partial charge in [0.15, 0.2) is 5.76 Å². The number of H-pyrrole nitrogens is 1. The Morgan fingerprint density at radius 1 is 1.12 bits per heavy atom. The topological polar surface area (TPSA) is 84.2 Å². The van der Waals surface area contributed by atoms with E-state index in [-0.39, 0.29) is 6.04 Å². The highest BCUT2D eigenvalue weighted by Crippen LogP contribution is 2.28. The van der Waals surface area contributed by atoms with Crippen molar-refractivity contribution in [1.29, 1.82) is 0 Å². The van der Waals surface area contributed by atoms with E-state index in [2.05, 4.69) is 30.9 Å². The van der Waals surface area contributed by atoms with Gasteiger partial charge in [0, 0.05) is 16.6 Å². The lowest BCUT2D eigenvalue weighted by molar-refractivity contribution is -0.137. The third kappa shape index (κ3) is 4.98. The van der Waals surface area contributed by atoms with Crippen molar-refractivity contribution in [2.24, 2.45) is 0 Å². The molecule has 0 spiro atoms. The Morgan fingerprint density at radius 2 is 1.88 bits per heavy atom. The summed E-state index contributed by atoms with van der Waals surface area (Å²) in [5, 5.41) is 1.64. The number of carbonyl (C=O) groups is 1. The second kappa shape index (κ2) is 9.93. The number of nitrogens with zero attached hydrogens (tertiary/aromatic N) is 3. The van der Waals surface area contributed by atoms with Crippen LogP contribution in [0.2, 0.25) is 0 Å².